The number of carbonyl (C=O) groups is 1. The molecule has 1 aliphatic heterocycles. The molecule has 0 amide bonds. The van der Waals surface area contributed by atoms with Crippen LogP contribution in [0.15, 0.2) is 24.3 Å². The Hall–Kier alpha value is -1.19. The molecular weight excluding hydrogens is 250 g/mol. The average Bonchev–Trinajstić information content (AvgIpc) is 2.46. The Morgan fingerprint density at radius 2 is 2.20 bits per heavy atom. The van der Waals surface area contributed by atoms with Gasteiger partial charge in [-0.3, -0.25) is 4.79 Å². The number of ketones is 1. The van der Waals surface area contributed by atoms with Crippen LogP contribution in [0.1, 0.15) is 35.2 Å². The van der Waals surface area contributed by atoms with Gasteiger partial charge in [-0.25, -0.2) is 0 Å². The van der Waals surface area contributed by atoms with Gasteiger partial charge in [-0.2, -0.15) is 0 Å². The van der Waals surface area contributed by atoms with E-state index in [1.807, 2.05) is 31.2 Å². The van der Waals surface area contributed by atoms with Crippen LogP contribution in [0, 0.1) is 12.8 Å². The van der Waals surface area contributed by atoms with Gasteiger partial charge in [0.2, 0.25) is 0 Å². The van der Waals surface area contributed by atoms with Crippen LogP contribution in [0.25, 0.3) is 0 Å². The molecule has 1 unspecified atom stereocenters. The lowest BCUT2D eigenvalue weighted by atomic mass is 10.0. The van der Waals surface area contributed by atoms with Crippen molar-refractivity contribution in [3.8, 4) is 0 Å². The molecule has 3 heteroatoms. The third kappa shape index (κ3) is 4.43. The van der Waals surface area contributed by atoms with E-state index >= 15 is 0 Å². The molecule has 110 valence electrons. The Morgan fingerprint density at radius 3 is 2.90 bits per heavy atom. The molecule has 0 aliphatic carbocycles. The maximum atomic E-state index is 12.2. The molecule has 20 heavy (non-hydrogen) atoms. The largest absolute Gasteiger partial charge is 0.381 e. The van der Waals surface area contributed by atoms with Crippen LogP contribution in [-0.2, 0) is 4.74 Å². The van der Waals surface area contributed by atoms with Crippen molar-refractivity contribution in [1.29, 1.82) is 0 Å². The van der Waals surface area contributed by atoms with E-state index in [2.05, 4.69) is 11.9 Å². The van der Waals surface area contributed by atoms with E-state index < -0.39 is 0 Å². The second-order valence-electron chi connectivity index (χ2n) is 5.83. The van der Waals surface area contributed by atoms with Crippen molar-refractivity contribution < 1.29 is 9.53 Å². The van der Waals surface area contributed by atoms with Gasteiger partial charge in [0.25, 0.3) is 0 Å². The molecule has 1 atom stereocenters. The number of rotatable bonds is 6. The predicted molar refractivity (Wildman–Crippen MR) is 81.2 cm³/mol. The SMILES string of the molecule is Cc1ccccc1C(=O)CCN(C)CC1CCCOC1. The number of carbonyl (C=O) groups excluding carboxylic acids is 1. The summed E-state index contributed by atoms with van der Waals surface area (Å²) in [4.78, 5) is 14.5. The normalized spacial score (nSPS) is 19.2. The minimum atomic E-state index is 0.245. The van der Waals surface area contributed by atoms with Crippen molar-refractivity contribution in [2.24, 2.45) is 5.92 Å². The van der Waals surface area contributed by atoms with Crippen LogP contribution in [0.5, 0.6) is 0 Å². The number of Topliss-reactive ketones (excluding diaryl/α,β-unsaturated/α-hetero) is 1. The average molecular weight is 275 g/mol. The van der Waals surface area contributed by atoms with Crippen LogP contribution in [-0.4, -0.2) is 44.0 Å². The Labute approximate surface area is 121 Å². The lowest BCUT2D eigenvalue weighted by molar-refractivity contribution is 0.0418. The Balaban J connectivity index is 1.76. The van der Waals surface area contributed by atoms with Gasteiger partial charge in [-0.05, 0) is 38.3 Å². The first-order valence-electron chi connectivity index (χ1n) is 7.52. The van der Waals surface area contributed by atoms with E-state index in [0.29, 0.717) is 12.3 Å². The van der Waals surface area contributed by atoms with Gasteiger partial charge in [0.05, 0.1) is 6.61 Å². The van der Waals surface area contributed by atoms with E-state index in [1.165, 1.54) is 12.8 Å². The molecule has 1 aromatic rings. The summed E-state index contributed by atoms with van der Waals surface area (Å²) in [5.74, 6) is 0.872. The minimum absolute atomic E-state index is 0.245. The summed E-state index contributed by atoms with van der Waals surface area (Å²) in [5, 5.41) is 0. The van der Waals surface area contributed by atoms with E-state index in [9.17, 15) is 4.79 Å². The summed E-state index contributed by atoms with van der Waals surface area (Å²) in [6.45, 7) is 5.63. The molecular formula is C17H25NO2. The maximum Gasteiger partial charge on any atom is 0.164 e. The Bertz CT molecular complexity index is 438. The van der Waals surface area contributed by atoms with Crippen molar-refractivity contribution in [2.75, 3.05) is 33.4 Å². The lowest BCUT2D eigenvalue weighted by Crippen LogP contribution is -2.32. The van der Waals surface area contributed by atoms with Gasteiger partial charge in [-0.1, -0.05) is 24.3 Å². The highest BCUT2D eigenvalue weighted by molar-refractivity contribution is 5.97. The van der Waals surface area contributed by atoms with Crippen LogP contribution < -0.4 is 0 Å². The first-order chi connectivity index (χ1) is 9.66. The molecule has 3 nitrogen and oxygen atoms in total. The van der Waals surface area contributed by atoms with Crippen LogP contribution in [0.2, 0.25) is 0 Å². The van der Waals surface area contributed by atoms with Crippen LogP contribution >= 0.6 is 0 Å². The quantitative estimate of drug-likeness (QED) is 0.748. The van der Waals surface area contributed by atoms with E-state index in [0.717, 1.165) is 37.4 Å². The number of hydrogen-bond donors (Lipinski definition) is 0. The molecule has 2 rings (SSSR count). The summed E-state index contributed by atoms with van der Waals surface area (Å²) in [7, 11) is 2.10. The molecule has 0 spiro atoms. The van der Waals surface area contributed by atoms with Gasteiger partial charge in [0.15, 0.2) is 5.78 Å². The third-order valence-electron chi connectivity index (χ3n) is 3.99. The summed E-state index contributed by atoms with van der Waals surface area (Å²) in [6, 6.07) is 7.83. The second kappa shape index (κ2) is 7.55. The third-order valence-corrected chi connectivity index (χ3v) is 3.99. The van der Waals surface area contributed by atoms with E-state index in [-0.39, 0.29) is 5.78 Å². The van der Waals surface area contributed by atoms with Crippen molar-refractivity contribution in [3.63, 3.8) is 0 Å². The standard InChI is InChI=1S/C17H25NO2/c1-14-6-3-4-8-16(14)17(19)9-10-18(2)12-15-7-5-11-20-13-15/h3-4,6,8,15H,5,7,9-13H2,1-2H3. The summed E-state index contributed by atoms with van der Waals surface area (Å²) in [5.41, 5.74) is 1.93. The fourth-order valence-corrected chi connectivity index (χ4v) is 2.80. The molecule has 1 fully saturated rings. The fraction of sp³-hybridized carbons (Fsp3) is 0.588. The number of aryl methyl sites for hydroxylation is 1. The van der Waals surface area contributed by atoms with Gasteiger partial charge >= 0.3 is 0 Å². The molecule has 0 radical (unpaired) electrons. The van der Waals surface area contributed by atoms with Gasteiger partial charge in [-0.15, -0.1) is 0 Å². The van der Waals surface area contributed by atoms with Crippen molar-refractivity contribution >= 4 is 5.78 Å². The van der Waals surface area contributed by atoms with Gasteiger partial charge in [0, 0.05) is 31.7 Å². The first kappa shape index (κ1) is 15.2. The van der Waals surface area contributed by atoms with Crippen LogP contribution in [0.3, 0.4) is 0 Å². The second-order valence-corrected chi connectivity index (χ2v) is 5.83. The summed E-state index contributed by atoms with van der Waals surface area (Å²) < 4.78 is 5.50. The molecule has 0 N–H and O–H groups in total. The summed E-state index contributed by atoms with van der Waals surface area (Å²) >= 11 is 0. The zero-order valence-corrected chi connectivity index (χ0v) is 12.6. The van der Waals surface area contributed by atoms with Gasteiger partial charge in [0.1, 0.15) is 0 Å². The molecule has 1 saturated heterocycles. The van der Waals surface area contributed by atoms with Crippen LogP contribution in [0.4, 0.5) is 0 Å². The Morgan fingerprint density at radius 1 is 1.40 bits per heavy atom. The maximum absolute atomic E-state index is 12.2. The van der Waals surface area contributed by atoms with Gasteiger partial charge < -0.3 is 9.64 Å². The number of ether oxygens (including phenoxy) is 1. The van der Waals surface area contributed by atoms with E-state index in [1.54, 1.807) is 0 Å². The zero-order chi connectivity index (χ0) is 14.4. The smallest absolute Gasteiger partial charge is 0.164 e. The molecule has 0 saturated carbocycles. The number of benzene rings is 1. The highest BCUT2D eigenvalue weighted by atomic mass is 16.5. The topological polar surface area (TPSA) is 29.5 Å². The Kier molecular flexibility index (Phi) is 5.74. The highest BCUT2D eigenvalue weighted by Gasteiger charge is 2.16. The fourth-order valence-electron chi connectivity index (χ4n) is 2.80. The monoisotopic (exact) mass is 275 g/mol. The molecule has 1 heterocycles. The predicted octanol–water partition coefficient (Wildman–Crippen LogP) is 2.93. The van der Waals surface area contributed by atoms with E-state index in [4.69, 9.17) is 4.74 Å². The molecule has 0 bridgehead atoms. The highest BCUT2D eigenvalue weighted by Crippen LogP contribution is 2.15. The zero-order valence-electron chi connectivity index (χ0n) is 12.6. The minimum Gasteiger partial charge on any atom is -0.381 e. The molecule has 0 aromatic heterocycles. The molecule has 1 aliphatic rings. The first-order valence-corrected chi connectivity index (χ1v) is 7.52. The number of hydrogen-bond acceptors (Lipinski definition) is 3. The van der Waals surface area contributed by atoms with Crippen molar-refractivity contribution in [3.05, 3.63) is 35.4 Å². The lowest BCUT2D eigenvalue weighted by Gasteiger charge is -2.26. The van der Waals surface area contributed by atoms with Crippen molar-refractivity contribution in [1.82, 2.24) is 4.90 Å². The molecule has 1 aromatic carbocycles. The van der Waals surface area contributed by atoms with Crippen molar-refractivity contribution in [2.45, 2.75) is 26.2 Å². The number of nitrogens with zero attached hydrogens (tertiary/aromatic N) is 1. The summed E-state index contributed by atoms with van der Waals surface area (Å²) in [6.07, 6.45) is 3.01.